The highest BCUT2D eigenvalue weighted by molar-refractivity contribution is 5.46. The second-order valence-corrected chi connectivity index (χ2v) is 6.74. The van der Waals surface area contributed by atoms with Crippen LogP contribution in [0, 0.1) is 0 Å². The smallest absolute Gasteiger partial charge is 0.161 e. The number of nitrogens with one attached hydrogen (secondary N) is 1. The van der Waals surface area contributed by atoms with E-state index in [1.165, 1.54) is 37.7 Å². The molecule has 3 rings (SSSR count). The second kappa shape index (κ2) is 6.27. The first-order valence-corrected chi connectivity index (χ1v) is 8.33. The van der Waals surface area contributed by atoms with Gasteiger partial charge in [0, 0.05) is 18.0 Å². The van der Waals surface area contributed by atoms with E-state index in [2.05, 4.69) is 37.4 Å². The Morgan fingerprint density at radius 2 is 1.76 bits per heavy atom. The summed E-state index contributed by atoms with van der Waals surface area (Å²) in [5.74, 6) is 1.82. The summed E-state index contributed by atoms with van der Waals surface area (Å²) < 4.78 is 11.4. The Bertz CT molecular complexity index is 478. The molecule has 0 radical (unpaired) electrons. The molecule has 1 fully saturated rings. The number of fused-ring (bicyclic) bond motifs is 1. The number of ether oxygens (including phenoxy) is 2. The molecule has 1 aromatic rings. The van der Waals surface area contributed by atoms with Gasteiger partial charge in [-0.25, -0.2) is 0 Å². The average molecular weight is 289 g/mol. The summed E-state index contributed by atoms with van der Waals surface area (Å²) in [6, 6.07) is 7.10. The number of hydrogen-bond donors (Lipinski definition) is 1. The summed E-state index contributed by atoms with van der Waals surface area (Å²) in [4.78, 5) is 0. The predicted molar refractivity (Wildman–Crippen MR) is 85.3 cm³/mol. The van der Waals surface area contributed by atoms with Crippen LogP contribution in [0.25, 0.3) is 0 Å². The molecule has 3 heteroatoms. The zero-order valence-electron chi connectivity index (χ0n) is 13.3. The van der Waals surface area contributed by atoms with E-state index in [0.717, 1.165) is 18.0 Å². The molecule has 0 amide bonds. The van der Waals surface area contributed by atoms with Crippen LogP contribution in [0.5, 0.6) is 11.5 Å². The Morgan fingerprint density at radius 1 is 1.05 bits per heavy atom. The van der Waals surface area contributed by atoms with E-state index in [4.69, 9.17) is 9.47 Å². The first-order valence-electron chi connectivity index (χ1n) is 8.33. The maximum Gasteiger partial charge on any atom is 0.161 e. The van der Waals surface area contributed by atoms with E-state index in [-0.39, 0.29) is 5.41 Å². The molecule has 0 spiro atoms. The maximum absolute atomic E-state index is 5.78. The van der Waals surface area contributed by atoms with Crippen molar-refractivity contribution >= 4 is 0 Å². The third kappa shape index (κ3) is 3.18. The lowest BCUT2D eigenvalue weighted by Crippen LogP contribution is -2.42. The molecule has 1 aliphatic heterocycles. The summed E-state index contributed by atoms with van der Waals surface area (Å²) in [5, 5.41) is 3.66. The van der Waals surface area contributed by atoms with E-state index < -0.39 is 0 Å². The summed E-state index contributed by atoms with van der Waals surface area (Å²) in [5.41, 5.74) is 1.68. The zero-order valence-corrected chi connectivity index (χ0v) is 13.3. The Hall–Kier alpha value is -1.22. The molecule has 2 aliphatic rings. The average Bonchev–Trinajstić information content (AvgIpc) is 2.53. The Labute approximate surface area is 128 Å². The first kappa shape index (κ1) is 14.7. The third-order valence-corrected chi connectivity index (χ3v) is 4.81. The van der Waals surface area contributed by atoms with Gasteiger partial charge >= 0.3 is 0 Å². The van der Waals surface area contributed by atoms with Crippen LogP contribution in [-0.2, 0) is 5.41 Å². The van der Waals surface area contributed by atoms with Crippen molar-refractivity contribution in [3.05, 3.63) is 23.8 Å². The Balaban J connectivity index is 1.88. The highest BCUT2D eigenvalue weighted by Crippen LogP contribution is 2.42. The number of rotatable bonds is 4. The van der Waals surface area contributed by atoms with Crippen molar-refractivity contribution in [1.29, 1.82) is 0 Å². The lowest BCUT2D eigenvalue weighted by molar-refractivity contribution is 0.170. The lowest BCUT2D eigenvalue weighted by Gasteiger charge is -2.39. The predicted octanol–water partition coefficient (Wildman–Crippen LogP) is 3.66. The fourth-order valence-corrected chi connectivity index (χ4v) is 3.57. The van der Waals surface area contributed by atoms with Gasteiger partial charge in [-0.05, 0) is 30.5 Å². The minimum atomic E-state index is 0.262. The van der Waals surface area contributed by atoms with Crippen LogP contribution in [0.4, 0.5) is 0 Å². The summed E-state index contributed by atoms with van der Waals surface area (Å²) >= 11 is 0. The van der Waals surface area contributed by atoms with Crippen LogP contribution < -0.4 is 14.8 Å². The van der Waals surface area contributed by atoms with E-state index >= 15 is 0 Å². The van der Waals surface area contributed by atoms with Crippen LogP contribution >= 0.6 is 0 Å². The van der Waals surface area contributed by atoms with Crippen LogP contribution in [-0.4, -0.2) is 25.8 Å². The van der Waals surface area contributed by atoms with Crippen molar-refractivity contribution in [3.8, 4) is 11.5 Å². The molecule has 1 aromatic carbocycles. The van der Waals surface area contributed by atoms with Crippen molar-refractivity contribution < 1.29 is 9.47 Å². The first-order chi connectivity index (χ1) is 10.2. The van der Waals surface area contributed by atoms with Gasteiger partial charge < -0.3 is 14.8 Å². The summed E-state index contributed by atoms with van der Waals surface area (Å²) in [6.45, 7) is 6.82. The van der Waals surface area contributed by atoms with Gasteiger partial charge in [0.2, 0.25) is 0 Å². The van der Waals surface area contributed by atoms with Crippen LogP contribution in [0.2, 0.25) is 0 Å². The van der Waals surface area contributed by atoms with Crippen LogP contribution in [0.15, 0.2) is 18.2 Å². The fraction of sp³-hybridized carbons (Fsp3) is 0.667. The fourth-order valence-electron chi connectivity index (χ4n) is 3.57. The highest BCUT2D eigenvalue weighted by atomic mass is 16.6. The Morgan fingerprint density at radius 3 is 2.48 bits per heavy atom. The zero-order chi connectivity index (χ0) is 14.7. The number of hydrogen-bond acceptors (Lipinski definition) is 3. The maximum atomic E-state index is 5.78. The van der Waals surface area contributed by atoms with E-state index in [0.29, 0.717) is 19.3 Å². The second-order valence-electron chi connectivity index (χ2n) is 6.74. The molecule has 3 nitrogen and oxygen atoms in total. The van der Waals surface area contributed by atoms with Crippen molar-refractivity contribution in [2.24, 2.45) is 0 Å². The minimum Gasteiger partial charge on any atom is -0.486 e. The summed E-state index contributed by atoms with van der Waals surface area (Å²) in [6.07, 6.45) is 6.56. The van der Waals surface area contributed by atoms with Gasteiger partial charge in [0.05, 0.1) is 0 Å². The molecule has 1 heterocycles. The van der Waals surface area contributed by atoms with Gasteiger partial charge in [-0.3, -0.25) is 0 Å². The minimum absolute atomic E-state index is 0.262. The van der Waals surface area contributed by atoms with Gasteiger partial charge in [-0.1, -0.05) is 39.2 Å². The molecule has 116 valence electrons. The molecule has 1 N–H and O–H groups in total. The molecule has 0 unspecified atom stereocenters. The molecular weight excluding hydrogens is 262 g/mol. The topological polar surface area (TPSA) is 30.5 Å². The molecule has 0 bridgehead atoms. The molecule has 1 saturated carbocycles. The molecular formula is C18H27NO2. The molecule has 0 saturated heterocycles. The molecule has 1 aliphatic carbocycles. The van der Waals surface area contributed by atoms with Gasteiger partial charge in [0.25, 0.3) is 0 Å². The largest absolute Gasteiger partial charge is 0.486 e. The van der Waals surface area contributed by atoms with Crippen molar-refractivity contribution in [1.82, 2.24) is 5.32 Å². The van der Waals surface area contributed by atoms with Gasteiger partial charge in [-0.15, -0.1) is 0 Å². The molecule has 0 aromatic heterocycles. The van der Waals surface area contributed by atoms with Crippen LogP contribution in [0.3, 0.4) is 0 Å². The van der Waals surface area contributed by atoms with Gasteiger partial charge in [0.15, 0.2) is 11.5 Å². The van der Waals surface area contributed by atoms with Crippen molar-refractivity contribution in [2.45, 2.75) is 57.4 Å². The van der Waals surface area contributed by atoms with Crippen LogP contribution in [0.1, 0.15) is 51.5 Å². The van der Waals surface area contributed by atoms with E-state index in [1.807, 2.05) is 0 Å². The third-order valence-electron chi connectivity index (χ3n) is 4.81. The van der Waals surface area contributed by atoms with Gasteiger partial charge in [-0.2, -0.15) is 0 Å². The Kier molecular flexibility index (Phi) is 4.39. The standard InChI is InChI=1S/C18H27NO2/c1-14(2)19-13-18(8-4-3-5-9-18)15-6-7-16-17(12-15)21-11-10-20-16/h6-7,12,14,19H,3-5,8-11,13H2,1-2H3. The monoisotopic (exact) mass is 289 g/mol. The lowest BCUT2D eigenvalue weighted by atomic mass is 9.69. The van der Waals surface area contributed by atoms with Crippen molar-refractivity contribution in [2.75, 3.05) is 19.8 Å². The quantitative estimate of drug-likeness (QED) is 0.917. The summed E-state index contributed by atoms with van der Waals surface area (Å²) in [7, 11) is 0. The van der Waals surface area contributed by atoms with Gasteiger partial charge in [0.1, 0.15) is 13.2 Å². The highest BCUT2D eigenvalue weighted by Gasteiger charge is 2.34. The van der Waals surface area contributed by atoms with E-state index in [1.54, 1.807) is 0 Å². The molecule has 0 atom stereocenters. The number of benzene rings is 1. The van der Waals surface area contributed by atoms with E-state index in [9.17, 15) is 0 Å². The SMILES string of the molecule is CC(C)NCC1(c2ccc3c(c2)OCCO3)CCCCC1. The molecule has 21 heavy (non-hydrogen) atoms. The van der Waals surface area contributed by atoms with Crippen molar-refractivity contribution in [3.63, 3.8) is 0 Å². The normalized spacial score (nSPS) is 20.5.